The predicted octanol–water partition coefficient (Wildman–Crippen LogP) is 1.15. The van der Waals surface area contributed by atoms with E-state index in [1.807, 2.05) is 4.90 Å². The van der Waals surface area contributed by atoms with Gasteiger partial charge in [-0.3, -0.25) is 9.69 Å². The van der Waals surface area contributed by atoms with Gasteiger partial charge in [-0.05, 0) is 54.9 Å². The van der Waals surface area contributed by atoms with E-state index in [1.54, 1.807) is 13.0 Å². The highest BCUT2D eigenvalue weighted by atomic mass is 19.1. The summed E-state index contributed by atoms with van der Waals surface area (Å²) in [5.41, 5.74) is 0.668. The number of anilines is 1. The summed E-state index contributed by atoms with van der Waals surface area (Å²) in [6.45, 7) is 2.91. The minimum absolute atomic E-state index is 0.0972. The second-order valence-electron chi connectivity index (χ2n) is 5.62. The Morgan fingerprint density at radius 3 is 3.08 bits per heavy atom. The Labute approximate surface area is 138 Å². The first kappa shape index (κ1) is 16.1. The number of hydrogen-bond acceptors (Lipinski definition) is 5. The van der Waals surface area contributed by atoms with E-state index < -0.39 is 5.82 Å². The zero-order valence-electron chi connectivity index (χ0n) is 13.2. The van der Waals surface area contributed by atoms with Crippen molar-refractivity contribution in [1.82, 2.24) is 25.1 Å². The molecule has 1 aromatic carbocycles. The van der Waals surface area contributed by atoms with Crippen LogP contribution >= 0.6 is 0 Å². The molecule has 0 unspecified atom stereocenters. The Hall–Kier alpha value is -2.79. The van der Waals surface area contributed by atoms with Crippen LogP contribution in [-0.4, -0.2) is 50.1 Å². The third-order valence-electron chi connectivity index (χ3n) is 4.04. The number of aromatic nitrogens is 4. The lowest BCUT2D eigenvalue weighted by atomic mass is 10.2. The van der Waals surface area contributed by atoms with Crippen molar-refractivity contribution in [3.05, 3.63) is 29.8 Å². The van der Waals surface area contributed by atoms with Gasteiger partial charge in [-0.15, -0.1) is 11.5 Å². The average molecular weight is 328 g/mol. The largest absolute Gasteiger partial charge is 0.322 e. The lowest BCUT2D eigenvalue weighted by Crippen LogP contribution is -2.39. The van der Waals surface area contributed by atoms with E-state index in [4.69, 9.17) is 6.42 Å². The molecule has 1 amide bonds. The van der Waals surface area contributed by atoms with Crippen molar-refractivity contribution in [3.8, 4) is 18.0 Å². The molecule has 0 bridgehead atoms. The number of carbonyl (C=O) groups excluding carboxylic acids is 1. The van der Waals surface area contributed by atoms with Gasteiger partial charge in [-0.25, -0.2) is 4.39 Å². The number of amides is 1. The third-order valence-corrected chi connectivity index (χ3v) is 4.04. The molecule has 7 nitrogen and oxygen atoms in total. The number of hydrogen-bond donors (Lipinski definition) is 1. The SMILES string of the molecule is C#CCN1CCC[C@H]1C(=O)Nc1cc(-n2nnnc2C)ccc1F. The summed E-state index contributed by atoms with van der Waals surface area (Å²) in [5.74, 6) is 2.34. The number of rotatable bonds is 4. The van der Waals surface area contributed by atoms with Gasteiger partial charge in [0.25, 0.3) is 0 Å². The standard InChI is InChI=1S/C16H17FN6O/c1-3-8-22-9-4-5-15(22)16(24)18-14-10-12(6-7-13(14)17)23-11(2)19-20-21-23/h1,6-7,10,15H,4-5,8-9H2,2H3,(H,18,24)/t15-/m0/s1. The van der Waals surface area contributed by atoms with Crippen LogP contribution in [0.15, 0.2) is 18.2 Å². The monoisotopic (exact) mass is 328 g/mol. The highest BCUT2D eigenvalue weighted by Gasteiger charge is 2.30. The molecule has 0 aliphatic carbocycles. The smallest absolute Gasteiger partial charge is 0.241 e. The zero-order valence-corrected chi connectivity index (χ0v) is 13.2. The van der Waals surface area contributed by atoms with Crippen molar-refractivity contribution in [2.75, 3.05) is 18.4 Å². The topological polar surface area (TPSA) is 75.9 Å². The second-order valence-corrected chi connectivity index (χ2v) is 5.62. The first-order chi connectivity index (χ1) is 11.6. The van der Waals surface area contributed by atoms with Gasteiger partial charge >= 0.3 is 0 Å². The van der Waals surface area contributed by atoms with Crippen LogP contribution < -0.4 is 5.32 Å². The number of likely N-dealkylation sites (tertiary alicyclic amines) is 1. The summed E-state index contributed by atoms with van der Waals surface area (Å²) in [7, 11) is 0. The summed E-state index contributed by atoms with van der Waals surface area (Å²) in [6.07, 6.45) is 6.93. The van der Waals surface area contributed by atoms with Gasteiger partial charge in [-0.2, -0.15) is 4.68 Å². The Balaban J connectivity index is 1.81. The highest BCUT2D eigenvalue weighted by molar-refractivity contribution is 5.95. The van der Waals surface area contributed by atoms with Crippen LogP contribution in [0.3, 0.4) is 0 Å². The maximum Gasteiger partial charge on any atom is 0.241 e. The van der Waals surface area contributed by atoms with E-state index in [2.05, 4.69) is 26.8 Å². The van der Waals surface area contributed by atoms with E-state index in [-0.39, 0.29) is 17.6 Å². The zero-order chi connectivity index (χ0) is 17.1. The first-order valence-electron chi connectivity index (χ1n) is 7.63. The van der Waals surface area contributed by atoms with E-state index in [0.717, 1.165) is 13.0 Å². The molecule has 1 fully saturated rings. The molecular weight excluding hydrogens is 311 g/mol. The van der Waals surface area contributed by atoms with Crippen molar-refractivity contribution in [3.63, 3.8) is 0 Å². The fraction of sp³-hybridized carbons (Fsp3) is 0.375. The molecule has 1 atom stereocenters. The summed E-state index contributed by atoms with van der Waals surface area (Å²) < 4.78 is 15.6. The van der Waals surface area contributed by atoms with Crippen LogP contribution in [0.5, 0.6) is 0 Å². The number of aryl methyl sites for hydroxylation is 1. The number of benzene rings is 1. The molecule has 2 heterocycles. The van der Waals surface area contributed by atoms with Gasteiger partial charge in [0.1, 0.15) is 5.82 Å². The van der Waals surface area contributed by atoms with Gasteiger partial charge < -0.3 is 5.32 Å². The Bertz CT molecular complexity index is 796. The molecule has 3 rings (SSSR count). The molecule has 124 valence electrons. The van der Waals surface area contributed by atoms with E-state index >= 15 is 0 Å². The Kier molecular flexibility index (Phi) is 4.53. The molecule has 0 spiro atoms. The van der Waals surface area contributed by atoms with E-state index in [9.17, 15) is 9.18 Å². The molecule has 1 N–H and O–H groups in total. The van der Waals surface area contributed by atoms with Crippen LogP contribution in [0.1, 0.15) is 18.7 Å². The highest BCUT2D eigenvalue weighted by Crippen LogP contribution is 2.22. The third kappa shape index (κ3) is 3.12. The molecule has 1 aliphatic rings. The van der Waals surface area contributed by atoms with Crippen molar-refractivity contribution in [2.24, 2.45) is 0 Å². The van der Waals surface area contributed by atoms with Crippen LogP contribution in [0, 0.1) is 25.1 Å². The normalized spacial score (nSPS) is 17.6. The molecule has 24 heavy (non-hydrogen) atoms. The second kappa shape index (κ2) is 6.76. The molecule has 0 saturated carbocycles. The van der Waals surface area contributed by atoms with Crippen LogP contribution in [0.25, 0.3) is 5.69 Å². The van der Waals surface area contributed by atoms with Crippen LogP contribution in [0.2, 0.25) is 0 Å². The molecule has 0 radical (unpaired) electrons. The maximum atomic E-state index is 14.1. The van der Waals surface area contributed by atoms with Gasteiger partial charge in [-0.1, -0.05) is 5.92 Å². The summed E-state index contributed by atoms with van der Waals surface area (Å²) in [5, 5.41) is 13.9. The van der Waals surface area contributed by atoms with Crippen molar-refractivity contribution < 1.29 is 9.18 Å². The minimum Gasteiger partial charge on any atom is -0.322 e. The first-order valence-corrected chi connectivity index (χ1v) is 7.63. The number of terminal acetylenes is 1. The quantitative estimate of drug-likeness (QED) is 0.852. The Morgan fingerprint density at radius 1 is 1.54 bits per heavy atom. The summed E-state index contributed by atoms with van der Waals surface area (Å²) >= 11 is 0. The molecule has 1 aliphatic heterocycles. The molecule has 2 aromatic rings. The van der Waals surface area contributed by atoms with Gasteiger partial charge in [0.15, 0.2) is 5.82 Å². The van der Waals surface area contributed by atoms with Gasteiger partial charge in [0.2, 0.25) is 5.91 Å². The lowest BCUT2D eigenvalue weighted by molar-refractivity contribution is -0.120. The molecule has 8 heteroatoms. The number of tetrazole rings is 1. The fourth-order valence-electron chi connectivity index (χ4n) is 2.86. The Morgan fingerprint density at radius 2 is 2.38 bits per heavy atom. The fourth-order valence-corrected chi connectivity index (χ4v) is 2.86. The van der Waals surface area contributed by atoms with E-state index in [1.165, 1.54) is 16.8 Å². The van der Waals surface area contributed by atoms with Crippen LogP contribution in [-0.2, 0) is 4.79 Å². The van der Waals surface area contributed by atoms with Crippen molar-refractivity contribution in [2.45, 2.75) is 25.8 Å². The van der Waals surface area contributed by atoms with Gasteiger partial charge in [0.05, 0.1) is 24.0 Å². The number of carbonyl (C=O) groups is 1. The lowest BCUT2D eigenvalue weighted by Gasteiger charge is -2.21. The van der Waals surface area contributed by atoms with E-state index in [0.29, 0.717) is 24.5 Å². The number of nitrogens with zero attached hydrogens (tertiary/aromatic N) is 5. The number of halogens is 1. The van der Waals surface area contributed by atoms with Crippen LogP contribution in [0.4, 0.5) is 10.1 Å². The number of nitrogens with one attached hydrogen (secondary N) is 1. The average Bonchev–Trinajstić information content (AvgIpc) is 3.19. The van der Waals surface area contributed by atoms with Crippen molar-refractivity contribution >= 4 is 11.6 Å². The predicted molar refractivity (Wildman–Crippen MR) is 85.9 cm³/mol. The van der Waals surface area contributed by atoms with Crippen molar-refractivity contribution in [1.29, 1.82) is 0 Å². The summed E-state index contributed by atoms with van der Waals surface area (Å²) in [4.78, 5) is 14.4. The minimum atomic E-state index is -0.515. The summed E-state index contributed by atoms with van der Waals surface area (Å²) in [6, 6.07) is 4.00. The molecule has 1 saturated heterocycles. The molecule has 1 aromatic heterocycles. The maximum absolute atomic E-state index is 14.1. The molecular formula is C16H17FN6O. The van der Waals surface area contributed by atoms with Gasteiger partial charge in [0, 0.05) is 0 Å².